The van der Waals surface area contributed by atoms with Gasteiger partial charge >= 0.3 is 0 Å². The summed E-state index contributed by atoms with van der Waals surface area (Å²) in [7, 11) is 3.21. The van der Waals surface area contributed by atoms with Crippen LogP contribution in [-0.2, 0) is 13.5 Å². The Hall–Kier alpha value is -4.71. The Morgan fingerprint density at radius 3 is 2.62 bits per heavy atom. The van der Waals surface area contributed by atoms with E-state index in [4.69, 9.17) is 4.52 Å². The molecule has 4 rings (SSSR count). The Morgan fingerprint density at radius 2 is 1.94 bits per heavy atom. The molecule has 0 amide bonds. The van der Waals surface area contributed by atoms with Crippen LogP contribution in [0.2, 0.25) is 0 Å². The van der Waals surface area contributed by atoms with Gasteiger partial charge in [-0.15, -0.1) is 0 Å². The Balaban J connectivity index is 1.83. The molecule has 0 aliphatic carbocycles. The molecule has 0 aliphatic rings. The van der Waals surface area contributed by atoms with Crippen LogP contribution in [0.25, 0.3) is 0 Å². The van der Waals surface area contributed by atoms with Gasteiger partial charge in [0.15, 0.2) is 11.5 Å². The Kier molecular flexibility index (Phi) is 6.23. The van der Waals surface area contributed by atoms with Gasteiger partial charge < -0.3 is 14.5 Å². The first kappa shape index (κ1) is 22.5. The zero-order chi connectivity index (χ0) is 24.2. The number of ketones is 1. The molecule has 0 spiro atoms. The van der Waals surface area contributed by atoms with E-state index in [1.165, 1.54) is 24.1 Å². The lowest BCUT2D eigenvalue weighted by Crippen LogP contribution is -2.33. The van der Waals surface area contributed by atoms with E-state index in [2.05, 4.69) is 16.2 Å². The summed E-state index contributed by atoms with van der Waals surface area (Å²) in [4.78, 5) is 31.8. The van der Waals surface area contributed by atoms with Crippen molar-refractivity contribution < 1.29 is 14.4 Å². The number of nitriles is 1. The summed E-state index contributed by atoms with van der Waals surface area (Å²) in [6.45, 7) is 0. The van der Waals surface area contributed by atoms with Gasteiger partial charge in [0.05, 0.1) is 23.9 Å². The van der Waals surface area contributed by atoms with Gasteiger partial charge in [0.1, 0.15) is 6.26 Å². The number of carbonyl (C=O) groups excluding carboxylic acids is 1. The zero-order valence-corrected chi connectivity index (χ0v) is 18.5. The second-order valence-corrected chi connectivity index (χ2v) is 7.77. The molecule has 9 heteroatoms. The molecule has 4 aromatic rings. The van der Waals surface area contributed by atoms with Crippen molar-refractivity contribution in [1.82, 2.24) is 14.7 Å². The zero-order valence-electron chi connectivity index (χ0n) is 18.5. The van der Waals surface area contributed by atoms with Crippen molar-refractivity contribution in [2.24, 2.45) is 7.05 Å². The smallest absolute Gasteiger partial charge is 0.297 e. The minimum absolute atomic E-state index is 0.132. The number of nitrogens with zero attached hydrogens (tertiary/aromatic N) is 5. The largest absolute Gasteiger partial charge is 0.501 e. The van der Waals surface area contributed by atoms with Crippen molar-refractivity contribution in [3.63, 3.8) is 0 Å². The van der Waals surface area contributed by atoms with Crippen molar-refractivity contribution >= 4 is 11.7 Å². The summed E-state index contributed by atoms with van der Waals surface area (Å²) in [5, 5.41) is 23.4. The third kappa shape index (κ3) is 4.29. The number of aromatic hydroxyl groups is 1. The average Bonchev–Trinajstić information content (AvgIpc) is 3.36. The standard InChI is InChI=1S/C25H21N5O4/c1-29(22(18-8-4-3-5-9-18)19-10-6-7-16(11-19)13-26)25-28-21(23(32)24(33)30(25)2)20(31)12-17-14-27-34-15-17/h3-11,14-15,22,32H,12H2,1-2H3. The van der Waals surface area contributed by atoms with Gasteiger partial charge in [-0.05, 0) is 23.3 Å². The van der Waals surface area contributed by atoms with Crippen molar-refractivity contribution in [3.05, 3.63) is 105 Å². The fourth-order valence-electron chi connectivity index (χ4n) is 3.84. The number of hydrogen-bond acceptors (Lipinski definition) is 8. The number of benzene rings is 2. The predicted molar refractivity (Wildman–Crippen MR) is 124 cm³/mol. The number of carbonyl (C=O) groups is 1. The van der Waals surface area contributed by atoms with Crippen LogP contribution in [0.5, 0.6) is 5.75 Å². The SMILES string of the molecule is CN(c1nc(C(=O)Cc2cnoc2)c(O)c(=O)n1C)C(c1ccccc1)c1cccc(C#N)c1. The summed E-state index contributed by atoms with van der Waals surface area (Å²) >= 11 is 0. The first-order valence-corrected chi connectivity index (χ1v) is 10.4. The van der Waals surface area contributed by atoms with E-state index >= 15 is 0 Å². The first-order valence-electron chi connectivity index (χ1n) is 10.4. The highest BCUT2D eigenvalue weighted by atomic mass is 16.5. The molecule has 0 fully saturated rings. The summed E-state index contributed by atoms with van der Waals surface area (Å²) in [6.07, 6.45) is 2.57. The lowest BCUT2D eigenvalue weighted by Gasteiger charge is -2.31. The van der Waals surface area contributed by atoms with Crippen LogP contribution in [-0.4, -0.2) is 32.6 Å². The van der Waals surface area contributed by atoms with Crippen molar-refractivity contribution in [2.75, 3.05) is 11.9 Å². The summed E-state index contributed by atoms with van der Waals surface area (Å²) in [6, 6.07) is 18.4. The van der Waals surface area contributed by atoms with Crippen LogP contribution in [0.4, 0.5) is 5.95 Å². The van der Waals surface area contributed by atoms with Crippen LogP contribution in [0.3, 0.4) is 0 Å². The highest BCUT2D eigenvalue weighted by Crippen LogP contribution is 2.31. The molecule has 9 nitrogen and oxygen atoms in total. The molecule has 0 radical (unpaired) electrons. The van der Waals surface area contributed by atoms with E-state index in [0.29, 0.717) is 11.1 Å². The van der Waals surface area contributed by atoms with Crippen LogP contribution < -0.4 is 10.5 Å². The van der Waals surface area contributed by atoms with Gasteiger partial charge in [-0.25, -0.2) is 4.98 Å². The number of aromatic nitrogens is 3. The molecule has 2 aromatic carbocycles. The fraction of sp³-hybridized carbons (Fsp3) is 0.160. The summed E-state index contributed by atoms with van der Waals surface area (Å²) in [5.74, 6) is -1.09. The minimum atomic E-state index is -0.747. The summed E-state index contributed by atoms with van der Waals surface area (Å²) < 4.78 is 5.94. The van der Waals surface area contributed by atoms with Crippen LogP contribution in [0, 0.1) is 11.3 Å². The van der Waals surface area contributed by atoms with E-state index in [1.807, 2.05) is 36.4 Å². The van der Waals surface area contributed by atoms with E-state index < -0.39 is 23.1 Å². The Bertz CT molecular complexity index is 1420. The maximum absolute atomic E-state index is 12.9. The molecule has 0 saturated carbocycles. The van der Waals surface area contributed by atoms with E-state index in [0.717, 1.165) is 11.1 Å². The van der Waals surface area contributed by atoms with E-state index in [-0.39, 0.29) is 18.1 Å². The molecule has 34 heavy (non-hydrogen) atoms. The van der Waals surface area contributed by atoms with Crippen molar-refractivity contribution in [3.8, 4) is 11.8 Å². The van der Waals surface area contributed by atoms with Gasteiger partial charge in [0, 0.05) is 26.1 Å². The van der Waals surface area contributed by atoms with Crippen LogP contribution in [0.1, 0.15) is 38.8 Å². The third-order valence-corrected chi connectivity index (χ3v) is 5.51. The van der Waals surface area contributed by atoms with Gasteiger partial charge in [-0.1, -0.05) is 47.6 Å². The van der Waals surface area contributed by atoms with Gasteiger partial charge in [-0.3, -0.25) is 14.2 Å². The number of hydrogen-bond donors (Lipinski definition) is 1. The second kappa shape index (κ2) is 9.42. The molecule has 170 valence electrons. The maximum Gasteiger partial charge on any atom is 0.297 e. The first-order chi connectivity index (χ1) is 16.4. The average molecular weight is 455 g/mol. The lowest BCUT2D eigenvalue weighted by molar-refractivity contribution is 0.0984. The molecule has 0 bridgehead atoms. The molecule has 0 saturated heterocycles. The van der Waals surface area contributed by atoms with Crippen LogP contribution in [0.15, 0.2) is 76.4 Å². The monoisotopic (exact) mass is 455 g/mol. The number of rotatable bonds is 7. The van der Waals surface area contributed by atoms with E-state index in [1.54, 1.807) is 30.1 Å². The van der Waals surface area contributed by atoms with Crippen molar-refractivity contribution in [1.29, 1.82) is 5.26 Å². The van der Waals surface area contributed by atoms with Gasteiger partial charge in [0.25, 0.3) is 5.56 Å². The lowest BCUT2D eigenvalue weighted by atomic mass is 9.96. The topological polar surface area (TPSA) is 125 Å². The normalized spacial score (nSPS) is 11.6. The predicted octanol–water partition coefficient (Wildman–Crippen LogP) is 3.00. The second-order valence-electron chi connectivity index (χ2n) is 7.77. The van der Waals surface area contributed by atoms with Crippen LogP contribution >= 0.6 is 0 Å². The van der Waals surface area contributed by atoms with Gasteiger partial charge in [-0.2, -0.15) is 5.26 Å². The molecular formula is C25H21N5O4. The third-order valence-electron chi connectivity index (χ3n) is 5.51. The van der Waals surface area contributed by atoms with Crippen molar-refractivity contribution in [2.45, 2.75) is 12.5 Å². The maximum atomic E-state index is 12.9. The number of Topliss-reactive ketones (excluding diaryl/α,β-unsaturated/α-hetero) is 1. The molecule has 1 N–H and O–H groups in total. The summed E-state index contributed by atoms with van der Waals surface area (Å²) in [5.41, 5.74) is 1.60. The Labute approximate surface area is 195 Å². The molecule has 0 aliphatic heterocycles. The Morgan fingerprint density at radius 1 is 1.21 bits per heavy atom. The highest BCUT2D eigenvalue weighted by Gasteiger charge is 2.27. The highest BCUT2D eigenvalue weighted by molar-refractivity contribution is 5.98. The number of anilines is 1. The quantitative estimate of drug-likeness (QED) is 0.422. The molecule has 1 unspecified atom stereocenters. The molecule has 2 aromatic heterocycles. The molecular weight excluding hydrogens is 434 g/mol. The minimum Gasteiger partial charge on any atom is -0.501 e. The fourth-order valence-corrected chi connectivity index (χ4v) is 3.84. The van der Waals surface area contributed by atoms with E-state index in [9.17, 15) is 20.0 Å². The molecule has 2 heterocycles. The molecule has 1 atom stereocenters. The van der Waals surface area contributed by atoms with Gasteiger partial charge in [0.2, 0.25) is 11.7 Å².